The average molecular weight is 394 g/mol. The van der Waals surface area contributed by atoms with Gasteiger partial charge < -0.3 is 19.8 Å². The molecule has 142 valence electrons. The van der Waals surface area contributed by atoms with Crippen molar-refractivity contribution >= 4 is 23.5 Å². The quantitative estimate of drug-likeness (QED) is 0.530. The second kappa shape index (κ2) is 9.59. The predicted octanol–water partition coefficient (Wildman–Crippen LogP) is 3.41. The van der Waals surface area contributed by atoms with Gasteiger partial charge in [0.15, 0.2) is 0 Å². The van der Waals surface area contributed by atoms with Crippen molar-refractivity contribution in [2.24, 2.45) is 0 Å². The van der Waals surface area contributed by atoms with Gasteiger partial charge in [-0.2, -0.15) is 0 Å². The van der Waals surface area contributed by atoms with Crippen LogP contribution in [0.5, 0.6) is 5.75 Å². The molecule has 0 heterocycles. The predicted molar refractivity (Wildman–Crippen MR) is 97.1 cm³/mol. The maximum absolute atomic E-state index is 12.9. The van der Waals surface area contributed by atoms with Gasteiger partial charge in [0.2, 0.25) is 5.76 Å². The Bertz CT molecular complexity index is 838. The molecular weight excluding hydrogens is 377 g/mol. The van der Waals surface area contributed by atoms with Crippen LogP contribution in [0.1, 0.15) is 5.56 Å². The van der Waals surface area contributed by atoms with Crippen LogP contribution in [0.2, 0.25) is 5.02 Å². The third-order valence-electron chi connectivity index (χ3n) is 3.55. The van der Waals surface area contributed by atoms with Crippen LogP contribution in [0, 0.1) is 5.82 Å². The largest absolute Gasteiger partial charge is 0.502 e. The minimum absolute atomic E-state index is 0.0729. The standard InChI is InChI=1S/C19H17ClFNO5/c20-16-4-2-1-3-13(16)12-22(18(24)11-17(23)19(25)26)9-10-27-15-7-5-14(21)6-8-15/h1-8,11,23H,9-10,12H2,(H,25,26)/b17-11-. The molecule has 0 fully saturated rings. The second-order valence-electron chi connectivity index (χ2n) is 5.49. The first kappa shape index (κ1) is 20.3. The van der Waals surface area contributed by atoms with Gasteiger partial charge in [0.05, 0.1) is 12.6 Å². The molecule has 0 atom stereocenters. The number of rotatable bonds is 8. The summed E-state index contributed by atoms with van der Waals surface area (Å²) in [5, 5.41) is 18.5. The van der Waals surface area contributed by atoms with Gasteiger partial charge in [-0.05, 0) is 35.9 Å². The summed E-state index contributed by atoms with van der Waals surface area (Å²) in [7, 11) is 0. The van der Waals surface area contributed by atoms with Crippen LogP contribution in [-0.2, 0) is 16.1 Å². The van der Waals surface area contributed by atoms with Crippen LogP contribution in [0.4, 0.5) is 4.39 Å². The number of nitrogens with zero attached hydrogens (tertiary/aromatic N) is 1. The van der Waals surface area contributed by atoms with Crippen LogP contribution in [0.25, 0.3) is 0 Å². The molecule has 0 radical (unpaired) electrons. The molecule has 0 aliphatic heterocycles. The minimum Gasteiger partial charge on any atom is -0.502 e. The summed E-state index contributed by atoms with van der Waals surface area (Å²) in [6, 6.07) is 12.3. The zero-order valence-electron chi connectivity index (χ0n) is 14.1. The Kier molecular flexibility index (Phi) is 7.19. The lowest BCUT2D eigenvalue weighted by molar-refractivity contribution is -0.136. The highest BCUT2D eigenvalue weighted by atomic mass is 35.5. The van der Waals surface area contributed by atoms with Gasteiger partial charge in [0.25, 0.3) is 5.91 Å². The number of aliphatic hydroxyl groups is 1. The summed E-state index contributed by atoms with van der Waals surface area (Å²) in [4.78, 5) is 24.4. The molecule has 0 saturated carbocycles. The number of hydrogen-bond acceptors (Lipinski definition) is 4. The van der Waals surface area contributed by atoms with Gasteiger partial charge in [-0.15, -0.1) is 0 Å². The van der Waals surface area contributed by atoms with E-state index in [9.17, 15) is 19.1 Å². The Morgan fingerprint density at radius 2 is 1.78 bits per heavy atom. The highest BCUT2D eigenvalue weighted by Crippen LogP contribution is 2.18. The van der Waals surface area contributed by atoms with E-state index in [4.69, 9.17) is 21.4 Å². The first-order chi connectivity index (χ1) is 12.9. The van der Waals surface area contributed by atoms with E-state index in [-0.39, 0.29) is 19.7 Å². The normalized spacial score (nSPS) is 11.1. The molecule has 2 N–H and O–H groups in total. The van der Waals surface area contributed by atoms with Gasteiger partial charge >= 0.3 is 5.97 Å². The molecule has 2 aromatic carbocycles. The molecule has 6 nitrogen and oxygen atoms in total. The molecule has 0 aromatic heterocycles. The number of ether oxygens (including phenoxy) is 1. The molecule has 0 aliphatic carbocycles. The van der Waals surface area contributed by atoms with E-state index in [1.165, 1.54) is 29.2 Å². The lowest BCUT2D eigenvalue weighted by Crippen LogP contribution is -2.33. The summed E-state index contributed by atoms with van der Waals surface area (Å²) in [6.45, 7) is 0.253. The number of hydrogen-bond donors (Lipinski definition) is 2. The summed E-state index contributed by atoms with van der Waals surface area (Å²) >= 11 is 6.11. The number of halogens is 2. The third kappa shape index (κ3) is 6.31. The highest BCUT2D eigenvalue weighted by Gasteiger charge is 2.16. The molecular formula is C19H17ClFNO5. The van der Waals surface area contributed by atoms with E-state index in [2.05, 4.69) is 0 Å². The Labute approximate surface area is 160 Å². The molecule has 1 amide bonds. The molecule has 0 spiro atoms. The average Bonchev–Trinajstić information content (AvgIpc) is 2.63. The van der Waals surface area contributed by atoms with Crippen molar-refractivity contribution in [3.63, 3.8) is 0 Å². The maximum Gasteiger partial charge on any atom is 0.371 e. The van der Waals surface area contributed by atoms with E-state index in [1.807, 2.05) is 0 Å². The van der Waals surface area contributed by atoms with Crippen molar-refractivity contribution in [3.05, 3.63) is 76.8 Å². The van der Waals surface area contributed by atoms with E-state index in [0.717, 1.165) is 0 Å². The fourth-order valence-corrected chi connectivity index (χ4v) is 2.37. The number of aliphatic hydroxyl groups excluding tert-OH is 1. The minimum atomic E-state index is -1.61. The zero-order chi connectivity index (χ0) is 19.8. The van der Waals surface area contributed by atoms with Gasteiger partial charge in [0, 0.05) is 11.6 Å². The Morgan fingerprint density at radius 3 is 2.41 bits per heavy atom. The Morgan fingerprint density at radius 1 is 1.11 bits per heavy atom. The molecule has 8 heteroatoms. The Balaban J connectivity index is 2.09. The first-order valence-corrected chi connectivity index (χ1v) is 8.29. The van der Waals surface area contributed by atoms with Gasteiger partial charge in [-0.1, -0.05) is 29.8 Å². The number of carbonyl (C=O) groups excluding carboxylic acids is 1. The van der Waals surface area contributed by atoms with E-state index in [1.54, 1.807) is 24.3 Å². The fourth-order valence-electron chi connectivity index (χ4n) is 2.17. The fraction of sp³-hybridized carbons (Fsp3) is 0.158. The van der Waals surface area contributed by atoms with Gasteiger partial charge in [-0.3, -0.25) is 4.79 Å². The van der Waals surface area contributed by atoms with Crippen LogP contribution < -0.4 is 4.74 Å². The van der Waals surface area contributed by atoms with Gasteiger partial charge in [0.1, 0.15) is 18.2 Å². The number of carboxylic acids is 1. The smallest absolute Gasteiger partial charge is 0.371 e. The molecule has 27 heavy (non-hydrogen) atoms. The number of amides is 1. The zero-order valence-corrected chi connectivity index (χ0v) is 14.9. The summed E-state index contributed by atoms with van der Waals surface area (Å²) < 4.78 is 18.4. The number of aliphatic carboxylic acids is 1. The SMILES string of the molecule is O=C(O)/C(O)=C/C(=O)N(CCOc1ccc(F)cc1)Cc1ccccc1Cl. The lowest BCUT2D eigenvalue weighted by Gasteiger charge is -2.22. The van der Waals surface area contributed by atoms with Crippen molar-refractivity contribution in [2.75, 3.05) is 13.2 Å². The first-order valence-electron chi connectivity index (χ1n) is 7.91. The number of carboxylic acid groups (broad SMARTS) is 1. The van der Waals surface area contributed by atoms with E-state index in [0.29, 0.717) is 22.4 Å². The molecule has 0 saturated heterocycles. The Hall–Kier alpha value is -3.06. The van der Waals surface area contributed by atoms with Gasteiger partial charge in [-0.25, -0.2) is 9.18 Å². The van der Waals surface area contributed by atoms with Crippen LogP contribution in [0.15, 0.2) is 60.4 Å². The van der Waals surface area contributed by atoms with Crippen molar-refractivity contribution in [3.8, 4) is 5.75 Å². The number of benzene rings is 2. The highest BCUT2D eigenvalue weighted by molar-refractivity contribution is 6.31. The number of carbonyl (C=O) groups is 2. The molecule has 0 unspecified atom stereocenters. The lowest BCUT2D eigenvalue weighted by atomic mass is 10.2. The van der Waals surface area contributed by atoms with E-state index < -0.39 is 23.5 Å². The molecule has 2 aromatic rings. The second-order valence-corrected chi connectivity index (χ2v) is 5.90. The van der Waals surface area contributed by atoms with Crippen LogP contribution >= 0.6 is 11.6 Å². The van der Waals surface area contributed by atoms with Crippen molar-refractivity contribution in [1.29, 1.82) is 0 Å². The summed E-state index contributed by atoms with van der Waals surface area (Å²) in [5.74, 6) is -3.36. The van der Waals surface area contributed by atoms with Crippen LogP contribution in [-0.4, -0.2) is 40.1 Å². The van der Waals surface area contributed by atoms with Crippen molar-refractivity contribution < 1.29 is 28.9 Å². The monoisotopic (exact) mass is 393 g/mol. The summed E-state index contributed by atoms with van der Waals surface area (Å²) in [6.07, 6.45) is 0.622. The van der Waals surface area contributed by atoms with Crippen molar-refractivity contribution in [1.82, 2.24) is 4.90 Å². The van der Waals surface area contributed by atoms with Crippen molar-refractivity contribution in [2.45, 2.75) is 6.54 Å². The molecule has 0 aliphatic rings. The third-order valence-corrected chi connectivity index (χ3v) is 3.92. The molecule has 0 bridgehead atoms. The van der Waals surface area contributed by atoms with Crippen LogP contribution in [0.3, 0.4) is 0 Å². The van der Waals surface area contributed by atoms with E-state index >= 15 is 0 Å². The maximum atomic E-state index is 12.9. The summed E-state index contributed by atoms with van der Waals surface area (Å²) in [5.41, 5.74) is 0.650. The topological polar surface area (TPSA) is 87.1 Å². The molecule has 2 rings (SSSR count).